The van der Waals surface area contributed by atoms with E-state index in [1.165, 1.54) is 18.3 Å². The molecule has 0 aliphatic heterocycles. The maximum absolute atomic E-state index is 13.2. The second kappa shape index (κ2) is 8.64. The van der Waals surface area contributed by atoms with Crippen LogP contribution in [0.15, 0.2) is 72.1 Å². The SMILES string of the molecule is CC(=O)Nc1cccc([C@@H](C)N(Cc2ccccc2)C(=O)c2cccs2)c1. The Bertz CT molecular complexity index is 907. The fraction of sp³-hybridized carbons (Fsp3) is 0.182. The highest BCUT2D eigenvalue weighted by molar-refractivity contribution is 7.12. The van der Waals surface area contributed by atoms with Crippen LogP contribution in [0.25, 0.3) is 0 Å². The fourth-order valence-electron chi connectivity index (χ4n) is 2.97. The number of carbonyl (C=O) groups is 2. The van der Waals surface area contributed by atoms with Crippen molar-refractivity contribution in [3.05, 3.63) is 88.1 Å². The highest BCUT2D eigenvalue weighted by Crippen LogP contribution is 2.27. The van der Waals surface area contributed by atoms with Gasteiger partial charge in [-0.15, -0.1) is 11.3 Å². The van der Waals surface area contributed by atoms with E-state index in [4.69, 9.17) is 0 Å². The van der Waals surface area contributed by atoms with Gasteiger partial charge in [-0.05, 0) is 41.6 Å². The zero-order valence-corrected chi connectivity index (χ0v) is 16.2. The molecule has 0 unspecified atom stereocenters. The summed E-state index contributed by atoms with van der Waals surface area (Å²) in [7, 11) is 0. The minimum absolute atomic E-state index is 0.00582. The molecule has 0 spiro atoms. The lowest BCUT2D eigenvalue weighted by Gasteiger charge is -2.30. The van der Waals surface area contributed by atoms with Gasteiger partial charge in [-0.2, -0.15) is 0 Å². The maximum atomic E-state index is 13.2. The van der Waals surface area contributed by atoms with E-state index < -0.39 is 0 Å². The van der Waals surface area contributed by atoms with Crippen molar-refractivity contribution in [3.8, 4) is 0 Å². The maximum Gasteiger partial charge on any atom is 0.264 e. The molecule has 0 radical (unpaired) electrons. The van der Waals surface area contributed by atoms with Crippen LogP contribution < -0.4 is 5.32 Å². The second-order valence-electron chi connectivity index (χ2n) is 6.38. The molecule has 1 aromatic heterocycles. The molecular formula is C22H22N2O2S. The van der Waals surface area contributed by atoms with Crippen LogP contribution in [-0.2, 0) is 11.3 Å². The van der Waals surface area contributed by atoms with Gasteiger partial charge in [-0.25, -0.2) is 0 Å². The molecule has 27 heavy (non-hydrogen) atoms. The number of anilines is 1. The predicted molar refractivity (Wildman–Crippen MR) is 110 cm³/mol. The molecule has 0 saturated carbocycles. The third kappa shape index (κ3) is 4.83. The minimum Gasteiger partial charge on any atom is -0.327 e. The normalized spacial score (nSPS) is 11.6. The highest BCUT2D eigenvalue weighted by Gasteiger charge is 2.24. The van der Waals surface area contributed by atoms with E-state index in [9.17, 15) is 9.59 Å². The Morgan fingerprint density at radius 1 is 1.04 bits per heavy atom. The molecule has 5 heteroatoms. The summed E-state index contributed by atoms with van der Waals surface area (Å²) in [5.41, 5.74) is 2.78. The summed E-state index contributed by atoms with van der Waals surface area (Å²) in [4.78, 5) is 27.1. The van der Waals surface area contributed by atoms with Crippen LogP contribution in [0, 0.1) is 0 Å². The summed E-state index contributed by atoms with van der Waals surface area (Å²) < 4.78 is 0. The Morgan fingerprint density at radius 2 is 1.81 bits per heavy atom. The van der Waals surface area contributed by atoms with Gasteiger partial charge < -0.3 is 10.2 Å². The van der Waals surface area contributed by atoms with Gasteiger partial charge in [0.1, 0.15) is 0 Å². The number of hydrogen-bond donors (Lipinski definition) is 1. The van der Waals surface area contributed by atoms with Crippen LogP contribution in [-0.4, -0.2) is 16.7 Å². The minimum atomic E-state index is -0.145. The number of benzene rings is 2. The molecule has 0 aliphatic carbocycles. The number of amides is 2. The van der Waals surface area contributed by atoms with Crippen LogP contribution in [0.1, 0.15) is 40.7 Å². The first-order chi connectivity index (χ1) is 13.0. The summed E-state index contributed by atoms with van der Waals surface area (Å²) in [6.45, 7) is 4.02. The Balaban J connectivity index is 1.91. The summed E-state index contributed by atoms with van der Waals surface area (Å²) in [5, 5.41) is 4.72. The molecule has 2 amide bonds. The van der Waals surface area contributed by atoms with Crippen LogP contribution >= 0.6 is 11.3 Å². The molecule has 0 bridgehead atoms. The number of carbonyl (C=O) groups excluding carboxylic acids is 2. The lowest BCUT2D eigenvalue weighted by Crippen LogP contribution is -2.32. The second-order valence-corrected chi connectivity index (χ2v) is 7.33. The topological polar surface area (TPSA) is 49.4 Å². The molecule has 1 heterocycles. The van der Waals surface area contributed by atoms with Crippen LogP contribution in [0.5, 0.6) is 0 Å². The Kier molecular flexibility index (Phi) is 6.04. The van der Waals surface area contributed by atoms with E-state index in [-0.39, 0.29) is 17.9 Å². The molecule has 4 nitrogen and oxygen atoms in total. The molecule has 1 N–H and O–H groups in total. The van der Waals surface area contributed by atoms with Gasteiger partial charge in [-0.1, -0.05) is 48.5 Å². The first-order valence-corrected chi connectivity index (χ1v) is 9.68. The van der Waals surface area contributed by atoms with Crippen molar-refractivity contribution in [3.63, 3.8) is 0 Å². The van der Waals surface area contributed by atoms with E-state index in [0.717, 1.165) is 21.7 Å². The van der Waals surface area contributed by atoms with Crippen molar-refractivity contribution in [1.82, 2.24) is 4.90 Å². The summed E-state index contributed by atoms with van der Waals surface area (Å²) >= 11 is 1.45. The van der Waals surface area contributed by atoms with Crippen LogP contribution in [0.4, 0.5) is 5.69 Å². The number of hydrogen-bond acceptors (Lipinski definition) is 3. The van der Waals surface area contributed by atoms with Crippen LogP contribution in [0.3, 0.4) is 0 Å². The third-order valence-electron chi connectivity index (χ3n) is 4.35. The lowest BCUT2D eigenvalue weighted by atomic mass is 10.0. The zero-order valence-electron chi connectivity index (χ0n) is 15.4. The molecule has 138 valence electrons. The van der Waals surface area contributed by atoms with Gasteiger partial charge in [0.05, 0.1) is 10.9 Å². The van der Waals surface area contributed by atoms with Gasteiger partial charge in [0.25, 0.3) is 5.91 Å². The fourth-order valence-corrected chi connectivity index (χ4v) is 3.64. The number of thiophene rings is 1. The van der Waals surface area contributed by atoms with Crippen molar-refractivity contribution in [1.29, 1.82) is 0 Å². The molecule has 0 saturated heterocycles. The van der Waals surface area contributed by atoms with Crippen molar-refractivity contribution in [2.24, 2.45) is 0 Å². The first kappa shape index (κ1) is 18.9. The van der Waals surface area contributed by atoms with Crippen LogP contribution in [0.2, 0.25) is 0 Å². The van der Waals surface area contributed by atoms with Gasteiger partial charge in [0, 0.05) is 19.2 Å². The van der Waals surface area contributed by atoms with Gasteiger partial charge in [-0.3, -0.25) is 9.59 Å². The molecule has 0 aliphatic rings. The van der Waals surface area contributed by atoms with E-state index in [1.54, 1.807) is 0 Å². The number of rotatable bonds is 6. The largest absolute Gasteiger partial charge is 0.327 e. The average Bonchev–Trinajstić information content (AvgIpc) is 3.20. The average molecular weight is 378 g/mol. The quantitative estimate of drug-likeness (QED) is 0.648. The van der Waals surface area contributed by atoms with E-state index in [2.05, 4.69) is 5.32 Å². The predicted octanol–water partition coefficient (Wildman–Crippen LogP) is 5.11. The Morgan fingerprint density at radius 3 is 2.48 bits per heavy atom. The van der Waals surface area contributed by atoms with Crippen molar-refractivity contribution < 1.29 is 9.59 Å². The first-order valence-electron chi connectivity index (χ1n) is 8.80. The summed E-state index contributed by atoms with van der Waals surface area (Å²) in [6, 6.07) is 21.2. The lowest BCUT2D eigenvalue weighted by molar-refractivity contribution is -0.114. The Labute approximate surface area is 163 Å². The smallest absolute Gasteiger partial charge is 0.264 e. The van der Waals surface area contributed by atoms with Gasteiger partial charge in [0.2, 0.25) is 5.91 Å². The van der Waals surface area contributed by atoms with E-state index in [0.29, 0.717) is 6.54 Å². The van der Waals surface area contributed by atoms with Crippen molar-refractivity contribution >= 4 is 28.8 Å². The van der Waals surface area contributed by atoms with Gasteiger partial charge >= 0.3 is 0 Å². The molecule has 3 rings (SSSR count). The van der Waals surface area contributed by atoms with Crippen molar-refractivity contribution in [2.45, 2.75) is 26.4 Å². The molecule has 3 aromatic rings. The third-order valence-corrected chi connectivity index (χ3v) is 5.20. The summed E-state index contributed by atoms with van der Waals surface area (Å²) in [5.74, 6) is -0.109. The van der Waals surface area contributed by atoms with Gasteiger partial charge in [0.15, 0.2) is 0 Å². The number of nitrogens with one attached hydrogen (secondary N) is 1. The molecule has 1 atom stereocenters. The number of nitrogens with zero attached hydrogens (tertiary/aromatic N) is 1. The zero-order chi connectivity index (χ0) is 19.2. The summed E-state index contributed by atoms with van der Waals surface area (Å²) in [6.07, 6.45) is 0. The standard InChI is InChI=1S/C22H22N2O2S/c1-16(19-10-6-11-20(14-19)23-17(2)25)24(15-18-8-4-3-5-9-18)22(26)21-12-7-13-27-21/h3-14,16H,15H2,1-2H3,(H,23,25)/t16-/m1/s1. The van der Waals surface area contributed by atoms with E-state index >= 15 is 0 Å². The molecular weight excluding hydrogens is 356 g/mol. The van der Waals surface area contributed by atoms with E-state index in [1.807, 2.05) is 83.9 Å². The Hall–Kier alpha value is -2.92. The van der Waals surface area contributed by atoms with Crippen molar-refractivity contribution in [2.75, 3.05) is 5.32 Å². The molecule has 2 aromatic carbocycles. The highest BCUT2D eigenvalue weighted by atomic mass is 32.1. The monoisotopic (exact) mass is 378 g/mol. The molecule has 0 fully saturated rings.